The van der Waals surface area contributed by atoms with E-state index >= 15 is 0 Å². The number of nitrogens with zero attached hydrogens (tertiary/aromatic N) is 2. The number of fused-ring (bicyclic) bond motifs is 1. The SMILES string of the molecule is CCOC(=O)COc1ccccc1C=c1sc2n(c1=O)[C@H](c1cccc(OC)c1)C(C(=O)OCC)=C(c1ccccc1)N=2. The number of benzene rings is 3. The Morgan fingerprint density at radius 2 is 1.70 bits per heavy atom. The smallest absolute Gasteiger partial charge is 0.344 e. The summed E-state index contributed by atoms with van der Waals surface area (Å²) in [5, 5.41) is 0. The summed E-state index contributed by atoms with van der Waals surface area (Å²) in [7, 11) is 1.56. The number of carbonyl (C=O) groups excluding carboxylic acids is 2. The van der Waals surface area contributed by atoms with Gasteiger partial charge in [-0.1, -0.05) is 72.0 Å². The third kappa shape index (κ3) is 6.29. The Morgan fingerprint density at radius 1 is 0.953 bits per heavy atom. The molecule has 1 aliphatic rings. The van der Waals surface area contributed by atoms with Crippen molar-refractivity contribution in [2.75, 3.05) is 26.9 Å². The third-order valence-corrected chi connectivity index (χ3v) is 7.62. The molecule has 0 N–H and O–H groups in total. The molecule has 0 spiro atoms. The number of methoxy groups -OCH3 is 1. The first-order valence-electron chi connectivity index (χ1n) is 13.7. The molecule has 0 aliphatic carbocycles. The molecular formula is C33H30N2O7S. The number of aromatic nitrogens is 1. The summed E-state index contributed by atoms with van der Waals surface area (Å²) in [6.45, 7) is 3.60. The highest BCUT2D eigenvalue weighted by Gasteiger charge is 2.35. The van der Waals surface area contributed by atoms with Gasteiger partial charge in [0.1, 0.15) is 11.5 Å². The average molecular weight is 599 g/mol. The second kappa shape index (κ2) is 13.3. The fraction of sp³-hybridized carbons (Fsp3) is 0.212. The van der Waals surface area contributed by atoms with Crippen LogP contribution in [0.15, 0.2) is 94.2 Å². The van der Waals surface area contributed by atoms with E-state index in [1.165, 1.54) is 15.9 Å². The van der Waals surface area contributed by atoms with Crippen LogP contribution in [0.4, 0.5) is 0 Å². The molecule has 43 heavy (non-hydrogen) atoms. The van der Waals surface area contributed by atoms with E-state index in [0.717, 1.165) is 0 Å². The minimum atomic E-state index is -0.835. The first-order valence-corrected chi connectivity index (χ1v) is 14.6. The molecule has 10 heteroatoms. The van der Waals surface area contributed by atoms with Gasteiger partial charge >= 0.3 is 11.9 Å². The Kier molecular flexibility index (Phi) is 9.17. The number of ether oxygens (including phenoxy) is 4. The quantitative estimate of drug-likeness (QED) is 0.255. The normalized spacial score (nSPS) is 14.5. The predicted octanol–water partition coefficient (Wildman–Crippen LogP) is 3.89. The van der Waals surface area contributed by atoms with Crippen LogP contribution in [0.1, 0.15) is 36.6 Å². The summed E-state index contributed by atoms with van der Waals surface area (Å²) < 4.78 is 23.6. The molecule has 0 bridgehead atoms. The van der Waals surface area contributed by atoms with E-state index in [0.29, 0.717) is 43.2 Å². The van der Waals surface area contributed by atoms with Gasteiger partial charge in [-0.2, -0.15) is 0 Å². The maximum Gasteiger partial charge on any atom is 0.344 e. The Bertz CT molecular complexity index is 1860. The summed E-state index contributed by atoms with van der Waals surface area (Å²) in [6.07, 6.45) is 1.70. The minimum Gasteiger partial charge on any atom is -0.497 e. The Hall–Kier alpha value is -4.96. The highest BCUT2D eigenvalue weighted by molar-refractivity contribution is 7.07. The largest absolute Gasteiger partial charge is 0.497 e. The van der Waals surface area contributed by atoms with Gasteiger partial charge in [-0.3, -0.25) is 9.36 Å². The maximum atomic E-state index is 14.1. The van der Waals surface area contributed by atoms with Gasteiger partial charge in [0, 0.05) is 11.1 Å². The maximum absolute atomic E-state index is 14.1. The van der Waals surface area contributed by atoms with Gasteiger partial charge in [-0.15, -0.1) is 0 Å². The standard InChI is InChI=1S/C33H30N2O7S/c1-4-40-27(36)20-42-25-17-10-9-14-22(25)19-26-31(37)35-30(23-15-11-16-24(18-23)39-3)28(32(38)41-5-2)29(34-33(35)43-26)21-12-7-6-8-13-21/h6-19,30H,4-5,20H2,1-3H3/t30-/m1/s1. The van der Waals surface area contributed by atoms with Crippen LogP contribution in [0.3, 0.4) is 0 Å². The van der Waals surface area contributed by atoms with Crippen molar-refractivity contribution in [2.45, 2.75) is 19.9 Å². The minimum absolute atomic E-state index is 0.155. The summed E-state index contributed by atoms with van der Waals surface area (Å²) >= 11 is 1.20. The monoisotopic (exact) mass is 598 g/mol. The molecule has 1 aromatic heterocycles. The van der Waals surface area contributed by atoms with Gasteiger partial charge in [-0.05, 0) is 43.7 Å². The highest BCUT2D eigenvalue weighted by Crippen LogP contribution is 2.36. The van der Waals surface area contributed by atoms with Crippen molar-refractivity contribution in [1.82, 2.24) is 4.57 Å². The lowest BCUT2D eigenvalue weighted by Crippen LogP contribution is -2.40. The van der Waals surface area contributed by atoms with Crippen molar-refractivity contribution in [3.8, 4) is 11.5 Å². The average Bonchev–Trinajstić information content (AvgIpc) is 3.34. The summed E-state index contributed by atoms with van der Waals surface area (Å²) in [6, 6.07) is 22.9. The molecule has 5 rings (SSSR count). The first-order chi connectivity index (χ1) is 20.9. The van der Waals surface area contributed by atoms with Crippen molar-refractivity contribution in [2.24, 2.45) is 4.99 Å². The Balaban J connectivity index is 1.73. The lowest BCUT2D eigenvalue weighted by atomic mass is 9.93. The zero-order chi connectivity index (χ0) is 30.3. The molecule has 220 valence electrons. The molecule has 2 heterocycles. The van der Waals surface area contributed by atoms with Crippen LogP contribution in [0.2, 0.25) is 0 Å². The highest BCUT2D eigenvalue weighted by atomic mass is 32.1. The lowest BCUT2D eigenvalue weighted by Gasteiger charge is -2.26. The number of esters is 2. The fourth-order valence-corrected chi connectivity index (χ4v) is 5.77. The van der Waals surface area contributed by atoms with Crippen LogP contribution in [0.5, 0.6) is 11.5 Å². The number of para-hydroxylation sites is 1. The van der Waals surface area contributed by atoms with E-state index < -0.39 is 18.0 Å². The van der Waals surface area contributed by atoms with Crippen LogP contribution < -0.4 is 24.4 Å². The van der Waals surface area contributed by atoms with Crippen molar-refractivity contribution < 1.29 is 28.5 Å². The predicted molar refractivity (Wildman–Crippen MR) is 163 cm³/mol. The van der Waals surface area contributed by atoms with Crippen molar-refractivity contribution in [3.63, 3.8) is 0 Å². The molecular weight excluding hydrogens is 568 g/mol. The molecule has 0 fully saturated rings. The molecule has 9 nitrogen and oxygen atoms in total. The lowest BCUT2D eigenvalue weighted by molar-refractivity contribution is -0.145. The summed E-state index contributed by atoms with van der Waals surface area (Å²) in [5.74, 6) is -0.0588. The van der Waals surface area contributed by atoms with Gasteiger partial charge in [-0.25, -0.2) is 14.6 Å². The third-order valence-electron chi connectivity index (χ3n) is 6.64. The van der Waals surface area contributed by atoms with Crippen molar-refractivity contribution in [1.29, 1.82) is 0 Å². The zero-order valence-corrected chi connectivity index (χ0v) is 24.8. The van der Waals surface area contributed by atoms with E-state index in [1.54, 1.807) is 57.4 Å². The van der Waals surface area contributed by atoms with Gasteiger partial charge < -0.3 is 18.9 Å². The number of carbonyl (C=O) groups is 2. The second-order valence-electron chi connectivity index (χ2n) is 9.34. The summed E-state index contributed by atoms with van der Waals surface area (Å²) in [5.41, 5.74) is 2.32. The van der Waals surface area contributed by atoms with Crippen LogP contribution in [-0.4, -0.2) is 43.4 Å². The van der Waals surface area contributed by atoms with E-state index in [9.17, 15) is 14.4 Å². The van der Waals surface area contributed by atoms with E-state index in [1.807, 2.05) is 48.5 Å². The first kappa shape index (κ1) is 29.5. The number of rotatable bonds is 10. The van der Waals surface area contributed by atoms with Gasteiger partial charge in [0.05, 0.1) is 42.2 Å². The van der Waals surface area contributed by atoms with Gasteiger partial charge in [0.15, 0.2) is 11.4 Å². The molecule has 0 saturated carbocycles. The van der Waals surface area contributed by atoms with Crippen LogP contribution >= 0.6 is 11.3 Å². The molecule has 3 aromatic carbocycles. The fourth-order valence-electron chi connectivity index (χ4n) is 4.78. The zero-order valence-electron chi connectivity index (χ0n) is 23.9. The van der Waals surface area contributed by atoms with Crippen molar-refractivity contribution >= 4 is 35.0 Å². The topological polar surface area (TPSA) is 105 Å². The van der Waals surface area contributed by atoms with Crippen LogP contribution in [-0.2, 0) is 19.1 Å². The van der Waals surface area contributed by atoms with E-state index in [-0.39, 0.29) is 31.0 Å². The van der Waals surface area contributed by atoms with E-state index in [4.69, 9.17) is 23.9 Å². The Morgan fingerprint density at radius 3 is 2.44 bits per heavy atom. The number of hydrogen-bond donors (Lipinski definition) is 0. The Labute approximate surface area is 252 Å². The molecule has 0 unspecified atom stereocenters. The van der Waals surface area contributed by atoms with Gasteiger partial charge in [0.2, 0.25) is 0 Å². The number of hydrogen-bond acceptors (Lipinski definition) is 9. The molecule has 0 saturated heterocycles. The molecule has 1 atom stereocenters. The molecule has 0 amide bonds. The molecule has 4 aromatic rings. The molecule has 0 radical (unpaired) electrons. The van der Waals surface area contributed by atoms with E-state index in [2.05, 4.69) is 0 Å². The second-order valence-corrected chi connectivity index (χ2v) is 10.3. The molecule has 1 aliphatic heterocycles. The van der Waals surface area contributed by atoms with Crippen molar-refractivity contribution in [3.05, 3.63) is 121 Å². The summed E-state index contributed by atoms with van der Waals surface area (Å²) in [4.78, 5) is 44.9. The number of thiazole rings is 1. The van der Waals surface area contributed by atoms with Gasteiger partial charge in [0.25, 0.3) is 5.56 Å². The van der Waals surface area contributed by atoms with Crippen LogP contribution in [0.25, 0.3) is 11.8 Å². The van der Waals surface area contributed by atoms with Crippen LogP contribution in [0, 0.1) is 0 Å².